The lowest BCUT2D eigenvalue weighted by Crippen LogP contribution is -2.14. The van der Waals surface area contributed by atoms with Crippen molar-refractivity contribution in [2.24, 2.45) is 0 Å². The molecular weight excluding hydrogens is 252 g/mol. The Morgan fingerprint density at radius 1 is 1.18 bits per heavy atom. The summed E-state index contributed by atoms with van der Waals surface area (Å²) in [7, 11) is 0. The summed E-state index contributed by atoms with van der Waals surface area (Å²) in [6.45, 7) is 9.00. The Balaban J connectivity index is 3.58. The molecule has 17 heavy (non-hydrogen) atoms. The van der Waals surface area contributed by atoms with Crippen LogP contribution in [0.4, 0.5) is 0 Å². The van der Waals surface area contributed by atoms with Crippen LogP contribution in [0.5, 0.6) is 0 Å². The lowest BCUT2D eigenvalue weighted by Gasteiger charge is -2.17. The molecule has 0 aromatic heterocycles. The summed E-state index contributed by atoms with van der Waals surface area (Å²) in [6.07, 6.45) is 6.41. The lowest BCUT2D eigenvalue weighted by molar-refractivity contribution is 0.137. The van der Waals surface area contributed by atoms with Gasteiger partial charge in [0.25, 0.3) is 0 Å². The molecule has 0 spiro atoms. The first-order valence-electron chi connectivity index (χ1n) is 6.59. The SMILES string of the molecule is CCCCCCC(C)OC(=S)SC(C)OCC. The average molecular weight is 278 g/mol. The van der Waals surface area contributed by atoms with Crippen LogP contribution >= 0.6 is 24.0 Å². The minimum Gasteiger partial charge on any atom is -0.476 e. The minimum absolute atomic E-state index is 0.0831. The van der Waals surface area contributed by atoms with Crippen LogP contribution in [-0.2, 0) is 9.47 Å². The third-order valence-corrected chi connectivity index (χ3v) is 3.57. The molecule has 0 aliphatic carbocycles. The Labute approximate surface area is 116 Å². The molecule has 0 heterocycles. The lowest BCUT2D eigenvalue weighted by atomic mass is 10.1. The molecule has 2 atom stereocenters. The second-order valence-corrected chi connectivity index (χ2v) is 6.07. The zero-order valence-corrected chi connectivity index (χ0v) is 13.2. The summed E-state index contributed by atoms with van der Waals surface area (Å²) in [4.78, 5) is 0. The predicted molar refractivity (Wildman–Crippen MR) is 80.6 cm³/mol. The van der Waals surface area contributed by atoms with E-state index in [0.29, 0.717) is 11.0 Å². The van der Waals surface area contributed by atoms with Gasteiger partial charge in [0.15, 0.2) is 0 Å². The summed E-state index contributed by atoms with van der Waals surface area (Å²) in [5.74, 6) is 0. The van der Waals surface area contributed by atoms with Gasteiger partial charge in [-0.1, -0.05) is 26.2 Å². The molecule has 0 aromatic carbocycles. The Hall–Kier alpha value is 0.200. The van der Waals surface area contributed by atoms with Gasteiger partial charge in [0.2, 0.25) is 4.38 Å². The predicted octanol–water partition coefficient (Wildman–Crippen LogP) is 4.76. The quantitative estimate of drug-likeness (QED) is 0.343. The maximum absolute atomic E-state index is 5.66. The molecule has 4 heteroatoms. The highest BCUT2D eigenvalue weighted by Gasteiger charge is 2.10. The van der Waals surface area contributed by atoms with Crippen molar-refractivity contribution in [3.63, 3.8) is 0 Å². The van der Waals surface area contributed by atoms with E-state index in [1.165, 1.54) is 37.4 Å². The number of thioether (sulfide) groups is 1. The first-order valence-corrected chi connectivity index (χ1v) is 7.87. The zero-order valence-electron chi connectivity index (χ0n) is 11.5. The van der Waals surface area contributed by atoms with Gasteiger partial charge < -0.3 is 9.47 Å². The summed E-state index contributed by atoms with van der Waals surface area (Å²) in [5.41, 5.74) is 0.0831. The molecule has 0 bridgehead atoms. The van der Waals surface area contributed by atoms with Crippen molar-refractivity contribution < 1.29 is 9.47 Å². The molecule has 0 saturated heterocycles. The van der Waals surface area contributed by atoms with Gasteiger partial charge in [-0.15, -0.1) is 0 Å². The van der Waals surface area contributed by atoms with E-state index in [0.717, 1.165) is 6.42 Å². The van der Waals surface area contributed by atoms with E-state index in [4.69, 9.17) is 21.7 Å². The number of hydrogen-bond acceptors (Lipinski definition) is 4. The molecule has 2 nitrogen and oxygen atoms in total. The number of thiocarbonyl (C=S) groups is 1. The Bertz CT molecular complexity index is 198. The van der Waals surface area contributed by atoms with Gasteiger partial charge in [-0.3, -0.25) is 0 Å². The normalized spacial score (nSPS) is 14.4. The second kappa shape index (κ2) is 11.3. The first kappa shape index (κ1) is 17.2. The van der Waals surface area contributed by atoms with Gasteiger partial charge in [-0.2, -0.15) is 0 Å². The third-order valence-electron chi connectivity index (χ3n) is 2.43. The van der Waals surface area contributed by atoms with Gasteiger partial charge in [-0.25, -0.2) is 0 Å². The Kier molecular flexibility index (Phi) is 11.4. The summed E-state index contributed by atoms with van der Waals surface area (Å²) >= 11 is 6.67. The Morgan fingerprint density at radius 3 is 2.47 bits per heavy atom. The standard InChI is InChI=1S/C13H26O2S2/c1-5-7-8-9-10-11(3)15-13(16)17-12(4)14-6-2/h11-12H,5-10H2,1-4H3. The van der Waals surface area contributed by atoms with Crippen molar-refractivity contribution >= 4 is 28.4 Å². The van der Waals surface area contributed by atoms with Crippen molar-refractivity contribution in [3.05, 3.63) is 0 Å². The molecule has 0 aliphatic rings. The fraction of sp³-hybridized carbons (Fsp3) is 0.923. The maximum atomic E-state index is 5.66. The van der Waals surface area contributed by atoms with Crippen molar-refractivity contribution in [3.8, 4) is 0 Å². The van der Waals surface area contributed by atoms with E-state index in [-0.39, 0.29) is 11.5 Å². The number of rotatable bonds is 9. The summed E-state index contributed by atoms with van der Waals surface area (Å²) in [5, 5.41) is 0. The topological polar surface area (TPSA) is 18.5 Å². The van der Waals surface area contributed by atoms with Crippen LogP contribution in [0.3, 0.4) is 0 Å². The molecular formula is C13H26O2S2. The number of ether oxygens (including phenoxy) is 2. The van der Waals surface area contributed by atoms with Crippen molar-refractivity contribution in [1.82, 2.24) is 0 Å². The monoisotopic (exact) mass is 278 g/mol. The molecule has 102 valence electrons. The highest BCUT2D eigenvalue weighted by Crippen LogP contribution is 2.18. The van der Waals surface area contributed by atoms with Gasteiger partial charge in [-0.05, 0) is 57.6 Å². The maximum Gasteiger partial charge on any atom is 0.222 e. The molecule has 0 rings (SSSR count). The van der Waals surface area contributed by atoms with E-state index < -0.39 is 0 Å². The van der Waals surface area contributed by atoms with Gasteiger partial charge in [0.1, 0.15) is 5.44 Å². The van der Waals surface area contributed by atoms with Crippen molar-refractivity contribution in [2.75, 3.05) is 6.61 Å². The van der Waals surface area contributed by atoms with Crippen LogP contribution in [0.25, 0.3) is 0 Å². The van der Waals surface area contributed by atoms with Crippen molar-refractivity contribution in [2.45, 2.75) is 71.3 Å². The molecule has 2 unspecified atom stereocenters. The molecule has 0 N–H and O–H groups in total. The Morgan fingerprint density at radius 2 is 1.88 bits per heavy atom. The molecule has 0 amide bonds. The van der Waals surface area contributed by atoms with Crippen LogP contribution in [0.15, 0.2) is 0 Å². The van der Waals surface area contributed by atoms with Crippen molar-refractivity contribution in [1.29, 1.82) is 0 Å². The van der Waals surface area contributed by atoms with Crippen LogP contribution in [0, 0.1) is 0 Å². The molecule has 0 aliphatic heterocycles. The van der Waals surface area contributed by atoms with E-state index in [1.54, 1.807) is 0 Å². The summed E-state index contributed by atoms with van der Waals surface area (Å²) < 4.78 is 11.7. The summed E-state index contributed by atoms with van der Waals surface area (Å²) in [6, 6.07) is 0. The minimum atomic E-state index is 0.0831. The molecule has 0 radical (unpaired) electrons. The van der Waals surface area contributed by atoms with E-state index in [9.17, 15) is 0 Å². The van der Waals surface area contributed by atoms with Crippen LogP contribution in [-0.4, -0.2) is 22.5 Å². The largest absolute Gasteiger partial charge is 0.476 e. The highest BCUT2D eigenvalue weighted by atomic mass is 32.2. The smallest absolute Gasteiger partial charge is 0.222 e. The zero-order chi connectivity index (χ0) is 13.1. The molecule has 0 aromatic rings. The van der Waals surface area contributed by atoms with E-state index in [2.05, 4.69) is 13.8 Å². The highest BCUT2D eigenvalue weighted by molar-refractivity contribution is 8.22. The first-order chi connectivity index (χ1) is 8.10. The molecule has 0 fully saturated rings. The second-order valence-electron chi connectivity index (χ2n) is 4.17. The van der Waals surface area contributed by atoms with Crippen LogP contribution in [0.1, 0.15) is 59.8 Å². The number of hydrogen-bond donors (Lipinski definition) is 0. The van der Waals surface area contributed by atoms with E-state index >= 15 is 0 Å². The van der Waals surface area contributed by atoms with Crippen LogP contribution < -0.4 is 0 Å². The number of unbranched alkanes of at least 4 members (excludes halogenated alkanes) is 3. The van der Waals surface area contributed by atoms with Gasteiger partial charge >= 0.3 is 0 Å². The molecule has 0 saturated carbocycles. The fourth-order valence-corrected chi connectivity index (χ4v) is 2.78. The fourth-order valence-electron chi connectivity index (χ4n) is 1.51. The average Bonchev–Trinajstić information content (AvgIpc) is 2.24. The van der Waals surface area contributed by atoms with Gasteiger partial charge in [0.05, 0.1) is 6.10 Å². The van der Waals surface area contributed by atoms with Crippen LogP contribution in [0.2, 0.25) is 0 Å². The third kappa shape index (κ3) is 11.0. The van der Waals surface area contributed by atoms with E-state index in [1.807, 2.05) is 13.8 Å². The van der Waals surface area contributed by atoms with Gasteiger partial charge in [0, 0.05) is 6.61 Å².